The number of nitrogens with one attached hydrogen (secondary N) is 2. The van der Waals surface area contributed by atoms with Crippen molar-refractivity contribution < 1.29 is 18.7 Å². The van der Waals surface area contributed by atoms with Gasteiger partial charge in [0.15, 0.2) is 0 Å². The van der Waals surface area contributed by atoms with E-state index in [4.69, 9.17) is 11.6 Å². The number of para-hydroxylation sites is 1. The van der Waals surface area contributed by atoms with E-state index in [1.54, 1.807) is 12.1 Å². The van der Waals surface area contributed by atoms with Gasteiger partial charge in [0.05, 0.1) is 35.6 Å². The maximum Gasteiger partial charge on any atom is 0.337 e. The Hall–Kier alpha value is -2.60. The van der Waals surface area contributed by atoms with E-state index in [0.29, 0.717) is 0 Å². The average molecular weight is 337 g/mol. The first kappa shape index (κ1) is 16.8. The molecule has 1 amide bonds. The van der Waals surface area contributed by atoms with Gasteiger partial charge in [-0.15, -0.1) is 0 Å². The van der Waals surface area contributed by atoms with Crippen LogP contribution < -0.4 is 10.6 Å². The Morgan fingerprint density at radius 3 is 2.61 bits per heavy atom. The van der Waals surface area contributed by atoms with E-state index in [1.165, 1.54) is 37.4 Å². The molecule has 120 valence electrons. The molecule has 0 spiro atoms. The van der Waals surface area contributed by atoms with Gasteiger partial charge in [-0.3, -0.25) is 4.79 Å². The lowest BCUT2D eigenvalue weighted by Crippen LogP contribution is -2.22. The van der Waals surface area contributed by atoms with E-state index in [2.05, 4.69) is 15.4 Å². The summed E-state index contributed by atoms with van der Waals surface area (Å²) < 4.78 is 18.1. The molecule has 0 unspecified atom stereocenters. The molecule has 2 aromatic rings. The molecule has 0 heterocycles. The second kappa shape index (κ2) is 7.60. The van der Waals surface area contributed by atoms with E-state index >= 15 is 0 Å². The van der Waals surface area contributed by atoms with Gasteiger partial charge >= 0.3 is 5.97 Å². The third-order valence-corrected chi connectivity index (χ3v) is 3.30. The van der Waals surface area contributed by atoms with Gasteiger partial charge in [0.25, 0.3) is 0 Å². The number of hydrogen-bond donors (Lipinski definition) is 2. The molecule has 23 heavy (non-hydrogen) atoms. The number of carbonyl (C=O) groups excluding carboxylic acids is 2. The van der Waals surface area contributed by atoms with Crippen molar-refractivity contribution in [1.82, 2.24) is 0 Å². The summed E-state index contributed by atoms with van der Waals surface area (Å²) in [5.74, 6) is -1.43. The normalized spacial score (nSPS) is 10.0. The summed E-state index contributed by atoms with van der Waals surface area (Å²) in [5, 5.41) is 5.51. The zero-order valence-electron chi connectivity index (χ0n) is 12.2. The van der Waals surface area contributed by atoms with E-state index in [9.17, 15) is 14.0 Å². The lowest BCUT2D eigenvalue weighted by molar-refractivity contribution is -0.114. The van der Waals surface area contributed by atoms with Crippen molar-refractivity contribution in [2.75, 3.05) is 24.3 Å². The van der Waals surface area contributed by atoms with Crippen molar-refractivity contribution in [3.63, 3.8) is 0 Å². The maximum absolute atomic E-state index is 13.4. The lowest BCUT2D eigenvalue weighted by atomic mass is 10.2. The average Bonchev–Trinajstić information content (AvgIpc) is 2.55. The van der Waals surface area contributed by atoms with Crippen LogP contribution >= 0.6 is 11.6 Å². The Morgan fingerprint density at radius 2 is 1.91 bits per heavy atom. The highest BCUT2D eigenvalue weighted by atomic mass is 35.5. The fourth-order valence-corrected chi connectivity index (χ4v) is 2.01. The van der Waals surface area contributed by atoms with Gasteiger partial charge in [-0.2, -0.15) is 0 Å². The molecule has 0 aliphatic heterocycles. The van der Waals surface area contributed by atoms with E-state index in [-0.39, 0.29) is 28.5 Å². The molecular formula is C16H14ClFN2O3. The number of amides is 1. The summed E-state index contributed by atoms with van der Waals surface area (Å²) >= 11 is 5.98. The van der Waals surface area contributed by atoms with Gasteiger partial charge in [0.2, 0.25) is 5.91 Å². The summed E-state index contributed by atoms with van der Waals surface area (Å²) in [7, 11) is 1.26. The topological polar surface area (TPSA) is 67.4 Å². The Labute approximate surface area is 137 Å². The summed E-state index contributed by atoms with van der Waals surface area (Å²) in [5.41, 5.74) is 0.751. The summed E-state index contributed by atoms with van der Waals surface area (Å²) in [6.45, 7) is -0.153. The fourth-order valence-electron chi connectivity index (χ4n) is 1.84. The van der Waals surface area contributed by atoms with Gasteiger partial charge in [0, 0.05) is 0 Å². The van der Waals surface area contributed by atoms with Crippen LogP contribution in [0, 0.1) is 5.82 Å². The molecule has 2 N–H and O–H groups in total. The molecule has 0 aliphatic carbocycles. The molecule has 0 fully saturated rings. The minimum Gasteiger partial charge on any atom is -0.465 e. The molecule has 0 atom stereocenters. The summed E-state index contributed by atoms with van der Waals surface area (Å²) in [6.07, 6.45) is 0. The summed E-state index contributed by atoms with van der Waals surface area (Å²) in [4.78, 5) is 23.4. The molecule has 0 saturated heterocycles. The first-order valence-electron chi connectivity index (χ1n) is 6.67. The second-order valence-corrected chi connectivity index (χ2v) is 4.97. The SMILES string of the molecule is COC(=O)c1ccc(Cl)c(NC(=O)CNc2ccccc2F)c1. The molecule has 7 heteroatoms. The maximum atomic E-state index is 13.4. The first-order valence-corrected chi connectivity index (χ1v) is 7.05. The molecule has 0 aliphatic rings. The van der Waals surface area contributed by atoms with Gasteiger partial charge < -0.3 is 15.4 Å². The molecule has 2 aromatic carbocycles. The molecular weight excluding hydrogens is 323 g/mol. The largest absolute Gasteiger partial charge is 0.465 e. The van der Waals surface area contributed by atoms with Crippen molar-refractivity contribution in [2.45, 2.75) is 0 Å². The molecule has 0 aromatic heterocycles. The quantitative estimate of drug-likeness (QED) is 0.822. The second-order valence-electron chi connectivity index (χ2n) is 4.57. The number of hydrogen-bond acceptors (Lipinski definition) is 4. The van der Waals surface area contributed by atoms with Crippen LogP contribution in [0.3, 0.4) is 0 Å². The Balaban J connectivity index is 2.02. The summed E-state index contributed by atoms with van der Waals surface area (Å²) in [6, 6.07) is 10.4. The van der Waals surface area contributed by atoms with Crippen molar-refractivity contribution in [3.8, 4) is 0 Å². The number of esters is 1. The lowest BCUT2D eigenvalue weighted by Gasteiger charge is -2.10. The Kier molecular flexibility index (Phi) is 5.54. The van der Waals surface area contributed by atoms with Crippen LogP contribution in [0.1, 0.15) is 10.4 Å². The van der Waals surface area contributed by atoms with Crippen LogP contribution in [0.15, 0.2) is 42.5 Å². The number of benzene rings is 2. The van der Waals surface area contributed by atoms with Gasteiger partial charge in [-0.05, 0) is 30.3 Å². The minimum atomic E-state index is -0.540. The van der Waals surface area contributed by atoms with E-state index in [1.807, 2.05) is 0 Å². The number of halogens is 2. The van der Waals surface area contributed by atoms with Crippen LogP contribution in [-0.4, -0.2) is 25.5 Å². The molecule has 0 saturated carbocycles. The first-order chi connectivity index (χ1) is 11.0. The standard InChI is InChI=1S/C16H14ClFN2O3/c1-23-16(22)10-6-7-11(17)14(8-10)20-15(21)9-19-13-5-3-2-4-12(13)18/h2-8,19H,9H2,1H3,(H,20,21). The van der Waals surface area contributed by atoms with Gasteiger partial charge in [0.1, 0.15) is 5.82 Å². The predicted molar refractivity (Wildman–Crippen MR) is 86.3 cm³/mol. The minimum absolute atomic E-state index is 0.153. The highest BCUT2D eigenvalue weighted by molar-refractivity contribution is 6.33. The van der Waals surface area contributed by atoms with Crippen LogP contribution in [-0.2, 0) is 9.53 Å². The Bertz CT molecular complexity index is 737. The van der Waals surface area contributed by atoms with Crippen LogP contribution in [0.25, 0.3) is 0 Å². The molecule has 0 bridgehead atoms. The van der Waals surface area contributed by atoms with E-state index < -0.39 is 17.7 Å². The molecule has 5 nitrogen and oxygen atoms in total. The number of carbonyl (C=O) groups is 2. The van der Waals surface area contributed by atoms with E-state index in [0.717, 1.165) is 0 Å². The van der Waals surface area contributed by atoms with Crippen molar-refractivity contribution in [2.24, 2.45) is 0 Å². The van der Waals surface area contributed by atoms with Crippen LogP contribution in [0.5, 0.6) is 0 Å². The molecule has 2 rings (SSSR count). The van der Waals surface area contributed by atoms with Gasteiger partial charge in [-0.25, -0.2) is 9.18 Å². The highest BCUT2D eigenvalue weighted by Gasteiger charge is 2.11. The van der Waals surface area contributed by atoms with Crippen molar-refractivity contribution >= 4 is 34.9 Å². The monoisotopic (exact) mass is 336 g/mol. The van der Waals surface area contributed by atoms with Gasteiger partial charge in [-0.1, -0.05) is 23.7 Å². The number of anilines is 2. The third kappa shape index (κ3) is 4.43. The zero-order valence-corrected chi connectivity index (χ0v) is 13.0. The zero-order chi connectivity index (χ0) is 16.8. The Morgan fingerprint density at radius 1 is 1.17 bits per heavy atom. The number of ether oxygens (including phenoxy) is 1. The molecule has 0 radical (unpaired) electrons. The predicted octanol–water partition coefficient (Wildman–Crippen LogP) is 3.32. The smallest absolute Gasteiger partial charge is 0.337 e. The highest BCUT2D eigenvalue weighted by Crippen LogP contribution is 2.23. The fraction of sp³-hybridized carbons (Fsp3) is 0.125. The van der Waals surface area contributed by atoms with Crippen LogP contribution in [0.4, 0.5) is 15.8 Å². The third-order valence-electron chi connectivity index (χ3n) is 2.97. The van der Waals surface area contributed by atoms with Crippen LogP contribution in [0.2, 0.25) is 5.02 Å². The number of rotatable bonds is 5. The van der Waals surface area contributed by atoms with Crippen molar-refractivity contribution in [3.05, 3.63) is 58.9 Å². The van der Waals surface area contributed by atoms with Crippen molar-refractivity contribution in [1.29, 1.82) is 0 Å². The number of methoxy groups -OCH3 is 1.